The summed E-state index contributed by atoms with van der Waals surface area (Å²) in [5.74, 6) is 0.717. The van der Waals surface area contributed by atoms with Gasteiger partial charge in [0.1, 0.15) is 0 Å². The molecule has 1 spiro atoms. The summed E-state index contributed by atoms with van der Waals surface area (Å²) in [7, 11) is 0. The normalized spacial score (nSPS) is 21.3. The Bertz CT molecular complexity index is 891. The van der Waals surface area contributed by atoms with Gasteiger partial charge in [0.15, 0.2) is 0 Å². The molecule has 8 heteroatoms. The van der Waals surface area contributed by atoms with E-state index >= 15 is 0 Å². The summed E-state index contributed by atoms with van der Waals surface area (Å²) in [4.78, 5) is 14.4. The SMILES string of the molecule is Cc1noc(NC(=O)N2CCC3(CC2)CC(c2ccc(Cl)c(Cl)c2)CO3)c1C. The van der Waals surface area contributed by atoms with E-state index in [0.717, 1.165) is 36.1 Å². The smallest absolute Gasteiger partial charge is 0.324 e. The fourth-order valence-corrected chi connectivity index (χ4v) is 4.31. The molecule has 1 aromatic carbocycles. The standard InChI is InChI=1S/C20H23Cl2N3O3/c1-12-13(2)24-28-18(12)23-19(26)25-7-5-20(6-8-25)10-15(11-27-20)14-3-4-16(21)17(22)9-14/h3-4,9,15H,5-8,10-11H2,1-2H3,(H,23,26). The topological polar surface area (TPSA) is 67.6 Å². The van der Waals surface area contributed by atoms with Gasteiger partial charge in [-0.2, -0.15) is 0 Å². The summed E-state index contributed by atoms with van der Waals surface area (Å²) in [6.07, 6.45) is 2.56. The lowest BCUT2D eigenvalue weighted by molar-refractivity contribution is -0.0355. The summed E-state index contributed by atoms with van der Waals surface area (Å²) < 4.78 is 11.4. The quantitative estimate of drug-likeness (QED) is 0.723. The number of hydrogen-bond donors (Lipinski definition) is 1. The predicted molar refractivity (Wildman–Crippen MR) is 108 cm³/mol. The molecule has 1 atom stereocenters. The molecule has 3 heterocycles. The zero-order valence-electron chi connectivity index (χ0n) is 15.9. The summed E-state index contributed by atoms with van der Waals surface area (Å²) in [5, 5.41) is 7.83. The minimum atomic E-state index is -0.174. The molecule has 1 N–H and O–H groups in total. The summed E-state index contributed by atoms with van der Waals surface area (Å²) in [6.45, 7) is 5.68. The van der Waals surface area contributed by atoms with Crippen LogP contribution in [0.1, 0.15) is 42.0 Å². The number of aromatic nitrogens is 1. The molecule has 0 radical (unpaired) electrons. The van der Waals surface area contributed by atoms with Crippen LogP contribution >= 0.6 is 23.2 Å². The van der Waals surface area contributed by atoms with Crippen LogP contribution in [0, 0.1) is 13.8 Å². The van der Waals surface area contributed by atoms with Gasteiger partial charge in [-0.25, -0.2) is 4.79 Å². The molecule has 2 amide bonds. The monoisotopic (exact) mass is 423 g/mol. The van der Waals surface area contributed by atoms with E-state index in [4.69, 9.17) is 32.5 Å². The number of aryl methyl sites for hydroxylation is 1. The number of halogens is 2. The molecule has 1 aromatic heterocycles. The molecule has 0 saturated carbocycles. The third-order valence-corrected chi connectivity index (χ3v) is 6.70. The van der Waals surface area contributed by atoms with Crippen LogP contribution in [0.4, 0.5) is 10.7 Å². The largest absolute Gasteiger partial charge is 0.374 e. The van der Waals surface area contributed by atoms with E-state index in [0.29, 0.717) is 41.5 Å². The van der Waals surface area contributed by atoms with Crippen molar-refractivity contribution in [2.24, 2.45) is 0 Å². The van der Waals surface area contributed by atoms with Crippen molar-refractivity contribution in [3.63, 3.8) is 0 Å². The number of likely N-dealkylation sites (tertiary alicyclic amines) is 1. The van der Waals surface area contributed by atoms with E-state index in [1.54, 1.807) is 4.90 Å². The lowest BCUT2D eigenvalue weighted by Gasteiger charge is -2.38. The molecular weight excluding hydrogens is 401 g/mol. The van der Waals surface area contributed by atoms with Gasteiger partial charge in [0.2, 0.25) is 5.88 Å². The Labute approximate surface area is 174 Å². The van der Waals surface area contributed by atoms with Gasteiger partial charge >= 0.3 is 6.03 Å². The third kappa shape index (κ3) is 3.73. The Hall–Kier alpha value is -1.76. The van der Waals surface area contributed by atoms with E-state index in [1.165, 1.54) is 0 Å². The zero-order valence-corrected chi connectivity index (χ0v) is 17.4. The van der Waals surface area contributed by atoms with Crippen molar-refractivity contribution in [2.75, 3.05) is 25.0 Å². The minimum Gasteiger partial charge on any atom is -0.374 e. The first-order valence-corrected chi connectivity index (χ1v) is 10.2. The maximum absolute atomic E-state index is 12.5. The Kier molecular flexibility index (Phi) is 5.29. The molecule has 28 heavy (non-hydrogen) atoms. The van der Waals surface area contributed by atoms with Crippen LogP contribution in [-0.2, 0) is 4.74 Å². The lowest BCUT2D eigenvalue weighted by Crippen LogP contribution is -2.47. The number of piperidine rings is 1. The number of rotatable bonds is 2. The van der Waals surface area contributed by atoms with Crippen LogP contribution in [0.15, 0.2) is 22.7 Å². The molecule has 2 aliphatic heterocycles. The number of anilines is 1. The van der Waals surface area contributed by atoms with Crippen LogP contribution in [-0.4, -0.2) is 41.4 Å². The predicted octanol–water partition coefficient (Wildman–Crippen LogP) is 5.17. The molecular formula is C20H23Cl2N3O3. The zero-order chi connectivity index (χ0) is 19.9. The second-order valence-corrected chi connectivity index (χ2v) is 8.52. The average Bonchev–Trinajstić information content (AvgIpc) is 3.23. The van der Waals surface area contributed by atoms with Gasteiger partial charge in [-0.1, -0.05) is 34.4 Å². The molecule has 4 rings (SSSR count). The number of nitrogens with one attached hydrogen (secondary N) is 1. The molecule has 150 valence electrons. The highest BCUT2D eigenvalue weighted by atomic mass is 35.5. The van der Waals surface area contributed by atoms with Crippen molar-refractivity contribution in [1.82, 2.24) is 10.1 Å². The van der Waals surface area contributed by atoms with Gasteiger partial charge in [0.05, 0.1) is 27.9 Å². The number of urea groups is 1. The van der Waals surface area contributed by atoms with E-state index < -0.39 is 0 Å². The summed E-state index contributed by atoms with van der Waals surface area (Å²) in [6, 6.07) is 5.63. The first kappa shape index (κ1) is 19.6. The number of carbonyl (C=O) groups excluding carboxylic acids is 1. The van der Waals surface area contributed by atoms with Crippen molar-refractivity contribution in [2.45, 2.75) is 44.6 Å². The molecule has 2 aliphatic rings. The fraction of sp³-hybridized carbons (Fsp3) is 0.500. The van der Waals surface area contributed by atoms with E-state index in [1.807, 2.05) is 32.0 Å². The van der Waals surface area contributed by atoms with Crippen molar-refractivity contribution >= 4 is 35.1 Å². The first-order chi connectivity index (χ1) is 13.4. The van der Waals surface area contributed by atoms with Gasteiger partial charge in [-0.15, -0.1) is 0 Å². The molecule has 2 saturated heterocycles. The van der Waals surface area contributed by atoms with Gasteiger partial charge in [0.25, 0.3) is 0 Å². The van der Waals surface area contributed by atoms with Gasteiger partial charge < -0.3 is 14.2 Å². The minimum absolute atomic E-state index is 0.159. The maximum Gasteiger partial charge on any atom is 0.324 e. The number of ether oxygens (including phenoxy) is 1. The second kappa shape index (κ2) is 7.58. The van der Waals surface area contributed by atoms with Crippen molar-refractivity contribution < 1.29 is 14.1 Å². The highest BCUT2D eigenvalue weighted by Gasteiger charge is 2.44. The number of carbonyl (C=O) groups is 1. The summed E-state index contributed by atoms with van der Waals surface area (Å²) >= 11 is 12.2. The Balaban J connectivity index is 1.35. The molecule has 0 bridgehead atoms. The lowest BCUT2D eigenvalue weighted by atomic mass is 9.83. The van der Waals surface area contributed by atoms with Gasteiger partial charge in [-0.3, -0.25) is 5.32 Å². The molecule has 0 aliphatic carbocycles. The first-order valence-electron chi connectivity index (χ1n) is 9.45. The van der Waals surface area contributed by atoms with Gasteiger partial charge in [0, 0.05) is 24.6 Å². The van der Waals surface area contributed by atoms with E-state index in [9.17, 15) is 4.79 Å². The highest BCUT2D eigenvalue weighted by molar-refractivity contribution is 6.42. The fourth-order valence-electron chi connectivity index (χ4n) is 4.00. The van der Waals surface area contributed by atoms with Crippen molar-refractivity contribution in [1.29, 1.82) is 0 Å². The Morgan fingerprint density at radius 1 is 1.25 bits per heavy atom. The van der Waals surface area contributed by atoms with Crippen LogP contribution in [0.25, 0.3) is 0 Å². The molecule has 2 fully saturated rings. The Morgan fingerprint density at radius 2 is 2.00 bits per heavy atom. The highest BCUT2D eigenvalue weighted by Crippen LogP contribution is 2.43. The van der Waals surface area contributed by atoms with E-state index in [2.05, 4.69) is 10.5 Å². The molecule has 6 nitrogen and oxygen atoms in total. The number of amides is 2. The van der Waals surface area contributed by atoms with Crippen LogP contribution in [0.3, 0.4) is 0 Å². The molecule has 1 unspecified atom stereocenters. The molecule has 2 aromatic rings. The number of benzene rings is 1. The van der Waals surface area contributed by atoms with Crippen LogP contribution in [0.2, 0.25) is 10.0 Å². The van der Waals surface area contributed by atoms with Crippen LogP contribution in [0.5, 0.6) is 0 Å². The second-order valence-electron chi connectivity index (χ2n) is 7.71. The number of hydrogen-bond acceptors (Lipinski definition) is 4. The summed E-state index contributed by atoms with van der Waals surface area (Å²) in [5.41, 5.74) is 2.61. The van der Waals surface area contributed by atoms with E-state index in [-0.39, 0.29) is 11.6 Å². The van der Waals surface area contributed by atoms with Crippen LogP contribution < -0.4 is 5.32 Å². The third-order valence-electron chi connectivity index (χ3n) is 5.96. The van der Waals surface area contributed by atoms with Crippen molar-refractivity contribution in [3.8, 4) is 0 Å². The Morgan fingerprint density at radius 3 is 2.64 bits per heavy atom. The maximum atomic E-state index is 12.5. The number of nitrogens with zero attached hydrogens (tertiary/aromatic N) is 2. The average molecular weight is 424 g/mol. The van der Waals surface area contributed by atoms with Crippen molar-refractivity contribution in [3.05, 3.63) is 45.1 Å². The van der Waals surface area contributed by atoms with Gasteiger partial charge in [-0.05, 0) is 50.8 Å².